The second kappa shape index (κ2) is 9.82. The molecule has 1 aliphatic rings. The number of hydrogen-bond donors (Lipinski definition) is 2. The predicted octanol–water partition coefficient (Wildman–Crippen LogP) is 3.41. The topological polar surface area (TPSA) is 75.2 Å². The molecule has 2 aromatic rings. The highest BCUT2D eigenvalue weighted by Gasteiger charge is 2.21. The van der Waals surface area contributed by atoms with Crippen LogP contribution < -0.4 is 25.0 Å². The van der Waals surface area contributed by atoms with Gasteiger partial charge in [0, 0.05) is 44.0 Å². The summed E-state index contributed by atoms with van der Waals surface area (Å²) >= 11 is 0. The zero-order valence-corrected chi connectivity index (χ0v) is 17.2. The molecule has 0 aliphatic carbocycles. The van der Waals surface area contributed by atoms with Crippen LogP contribution in [0.2, 0.25) is 0 Å². The number of methoxy groups -OCH3 is 1. The van der Waals surface area contributed by atoms with E-state index in [0.717, 1.165) is 29.9 Å². The minimum Gasteiger partial charge on any atom is -0.493 e. The number of carbonyl (C=O) groups is 1. The fourth-order valence-corrected chi connectivity index (χ4v) is 3.24. The number of benzene rings is 2. The van der Waals surface area contributed by atoms with E-state index in [9.17, 15) is 4.79 Å². The van der Waals surface area contributed by atoms with Crippen LogP contribution in [0.5, 0.6) is 11.5 Å². The van der Waals surface area contributed by atoms with Crippen molar-refractivity contribution in [2.75, 3.05) is 37.5 Å². The van der Waals surface area contributed by atoms with Gasteiger partial charge in [-0.3, -0.25) is 9.79 Å². The van der Waals surface area contributed by atoms with Crippen molar-refractivity contribution in [3.8, 4) is 11.5 Å². The van der Waals surface area contributed by atoms with E-state index in [1.165, 1.54) is 0 Å². The average molecular weight is 396 g/mol. The summed E-state index contributed by atoms with van der Waals surface area (Å²) in [7, 11) is 3.34. The van der Waals surface area contributed by atoms with Gasteiger partial charge in [0.1, 0.15) is 0 Å². The van der Waals surface area contributed by atoms with Crippen molar-refractivity contribution in [2.45, 2.75) is 26.3 Å². The van der Waals surface area contributed by atoms with Crippen molar-refractivity contribution in [1.29, 1.82) is 0 Å². The number of carbonyl (C=O) groups excluding carboxylic acids is 1. The first-order chi connectivity index (χ1) is 14.1. The van der Waals surface area contributed by atoms with E-state index in [0.29, 0.717) is 37.0 Å². The zero-order chi connectivity index (χ0) is 20.6. The average Bonchev–Trinajstić information content (AvgIpc) is 3.18. The number of nitrogens with one attached hydrogen (secondary N) is 2. The van der Waals surface area contributed by atoms with Gasteiger partial charge in [0.05, 0.1) is 13.7 Å². The van der Waals surface area contributed by atoms with Crippen molar-refractivity contribution in [2.24, 2.45) is 4.99 Å². The lowest BCUT2D eigenvalue weighted by Gasteiger charge is -2.17. The largest absolute Gasteiger partial charge is 0.493 e. The molecule has 3 rings (SSSR count). The van der Waals surface area contributed by atoms with E-state index < -0.39 is 0 Å². The molecule has 2 N–H and O–H groups in total. The molecule has 0 radical (unpaired) electrons. The van der Waals surface area contributed by atoms with Crippen molar-refractivity contribution in [1.82, 2.24) is 5.32 Å². The molecule has 0 bridgehead atoms. The maximum Gasteiger partial charge on any atom is 0.227 e. The molecule has 0 atom stereocenters. The Hall–Kier alpha value is -3.22. The second-order valence-corrected chi connectivity index (χ2v) is 6.66. The number of rotatable bonds is 7. The SMILES string of the molecule is CCOc1ccc(NC(=NC)NCc2ccc(N3CCCC3=O)cc2)cc1OC. The predicted molar refractivity (Wildman–Crippen MR) is 116 cm³/mol. The van der Waals surface area contributed by atoms with Gasteiger partial charge in [-0.05, 0) is 43.2 Å². The van der Waals surface area contributed by atoms with Gasteiger partial charge in [-0.15, -0.1) is 0 Å². The number of guanidine groups is 1. The summed E-state index contributed by atoms with van der Waals surface area (Å²) in [5.74, 6) is 2.22. The third kappa shape index (κ3) is 5.19. The molecular formula is C22H28N4O3. The molecule has 7 nitrogen and oxygen atoms in total. The first kappa shape index (κ1) is 20.5. The summed E-state index contributed by atoms with van der Waals surface area (Å²) in [5, 5.41) is 6.55. The van der Waals surface area contributed by atoms with Gasteiger partial charge in [-0.2, -0.15) is 0 Å². The molecule has 1 heterocycles. The maximum absolute atomic E-state index is 11.9. The van der Waals surface area contributed by atoms with Crippen LogP contribution in [0.1, 0.15) is 25.3 Å². The first-order valence-electron chi connectivity index (χ1n) is 9.82. The normalized spacial score (nSPS) is 14.1. The molecule has 1 saturated heterocycles. The van der Waals surface area contributed by atoms with Crippen molar-refractivity contribution in [3.05, 3.63) is 48.0 Å². The highest BCUT2D eigenvalue weighted by molar-refractivity contribution is 5.95. The number of aliphatic imine (C=N–C) groups is 1. The standard InChI is InChI=1S/C22H28N4O3/c1-4-29-19-12-9-17(14-20(19)28-3)25-22(23-2)24-15-16-7-10-18(11-8-16)26-13-5-6-21(26)27/h7-12,14H,4-6,13,15H2,1-3H3,(H2,23,24,25). The van der Waals surface area contributed by atoms with Gasteiger partial charge in [-0.25, -0.2) is 0 Å². The van der Waals surface area contributed by atoms with Crippen LogP contribution >= 0.6 is 0 Å². The second-order valence-electron chi connectivity index (χ2n) is 6.66. The Labute approximate surface area is 171 Å². The molecule has 7 heteroatoms. The van der Waals surface area contributed by atoms with Crippen molar-refractivity contribution in [3.63, 3.8) is 0 Å². The van der Waals surface area contributed by atoms with Gasteiger partial charge in [0.15, 0.2) is 17.5 Å². The van der Waals surface area contributed by atoms with Gasteiger partial charge < -0.3 is 25.0 Å². The van der Waals surface area contributed by atoms with Gasteiger partial charge in [0.2, 0.25) is 5.91 Å². The Kier molecular flexibility index (Phi) is 6.94. The van der Waals surface area contributed by atoms with E-state index in [2.05, 4.69) is 15.6 Å². The molecule has 154 valence electrons. The third-order valence-electron chi connectivity index (χ3n) is 4.73. The van der Waals surface area contributed by atoms with Crippen LogP contribution in [0.25, 0.3) is 0 Å². The number of ether oxygens (including phenoxy) is 2. The van der Waals surface area contributed by atoms with E-state index >= 15 is 0 Å². The quantitative estimate of drug-likeness (QED) is 0.554. The Morgan fingerprint density at radius 2 is 1.97 bits per heavy atom. The lowest BCUT2D eigenvalue weighted by Crippen LogP contribution is -2.30. The Balaban J connectivity index is 1.58. The van der Waals surface area contributed by atoms with E-state index in [1.807, 2.05) is 54.3 Å². The molecule has 0 aromatic heterocycles. The van der Waals surface area contributed by atoms with Crippen LogP contribution in [0.3, 0.4) is 0 Å². The van der Waals surface area contributed by atoms with Crippen molar-refractivity contribution < 1.29 is 14.3 Å². The van der Waals surface area contributed by atoms with Crippen molar-refractivity contribution >= 4 is 23.2 Å². The van der Waals surface area contributed by atoms with Gasteiger partial charge >= 0.3 is 0 Å². The molecule has 0 saturated carbocycles. The monoisotopic (exact) mass is 396 g/mol. The zero-order valence-electron chi connectivity index (χ0n) is 17.2. The summed E-state index contributed by atoms with van der Waals surface area (Å²) < 4.78 is 10.9. The van der Waals surface area contributed by atoms with Gasteiger partial charge in [-0.1, -0.05) is 12.1 Å². The first-order valence-corrected chi connectivity index (χ1v) is 9.82. The number of anilines is 2. The van der Waals surface area contributed by atoms with Crippen LogP contribution in [0.15, 0.2) is 47.5 Å². The molecule has 1 amide bonds. The summed E-state index contributed by atoms with van der Waals surface area (Å²) in [5.41, 5.74) is 2.91. The fraction of sp³-hybridized carbons (Fsp3) is 0.364. The number of nitrogens with zero attached hydrogens (tertiary/aromatic N) is 2. The molecule has 2 aromatic carbocycles. The minimum absolute atomic E-state index is 0.200. The molecule has 0 spiro atoms. The Bertz CT molecular complexity index is 865. The molecule has 1 fully saturated rings. The van der Waals surface area contributed by atoms with E-state index in [4.69, 9.17) is 9.47 Å². The van der Waals surface area contributed by atoms with Crippen LogP contribution in [-0.2, 0) is 11.3 Å². The van der Waals surface area contributed by atoms with Gasteiger partial charge in [0.25, 0.3) is 0 Å². The summed E-state index contributed by atoms with van der Waals surface area (Å²) in [4.78, 5) is 18.0. The lowest BCUT2D eigenvalue weighted by atomic mass is 10.2. The molecule has 1 aliphatic heterocycles. The number of amides is 1. The molecule has 29 heavy (non-hydrogen) atoms. The highest BCUT2D eigenvalue weighted by atomic mass is 16.5. The fourth-order valence-electron chi connectivity index (χ4n) is 3.24. The highest BCUT2D eigenvalue weighted by Crippen LogP contribution is 2.30. The van der Waals surface area contributed by atoms with E-state index in [-0.39, 0.29) is 5.91 Å². The minimum atomic E-state index is 0.200. The van der Waals surface area contributed by atoms with Crippen LogP contribution in [0.4, 0.5) is 11.4 Å². The smallest absolute Gasteiger partial charge is 0.227 e. The molecule has 0 unspecified atom stereocenters. The number of hydrogen-bond acceptors (Lipinski definition) is 4. The Morgan fingerprint density at radius 3 is 2.59 bits per heavy atom. The maximum atomic E-state index is 11.9. The van der Waals surface area contributed by atoms with Crippen LogP contribution in [-0.4, -0.2) is 39.2 Å². The lowest BCUT2D eigenvalue weighted by molar-refractivity contribution is -0.117. The molecular weight excluding hydrogens is 368 g/mol. The Morgan fingerprint density at radius 1 is 1.17 bits per heavy atom. The summed E-state index contributed by atoms with van der Waals surface area (Å²) in [6.07, 6.45) is 1.57. The van der Waals surface area contributed by atoms with Crippen LogP contribution in [0, 0.1) is 0 Å². The summed E-state index contributed by atoms with van der Waals surface area (Å²) in [6.45, 7) is 3.94. The third-order valence-corrected chi connectivity index (χ3v) is 4.73. The summed E-state index contributed by atoms with van der Waals surface area (Å²) in [6, 6.07) is 13.7. The van der Waals surface area contributed by atoms with E-state index in [1.54, 1.807) is 14.2 Å².